The number of hydrogen-bond acceptors (Lipinski definition) is 4. The molecule has 0 aliphatic carbocycles. The van der Waals surface area contributed by atoms with Crippen molar-refractivity contribution in [2.75, 3.05) is 5.75 Å². The molecule has 0 fully saturated rings. The molecular weight excluding hydrogens is 246 g/mol. The normalized spacial score (nSPS) is 12.2. The average molecular weight is 263 g/mol. The molecule has 1 amide bonds. The van der Waals surface area contributed by atoms with E-state index in [2.05, 4.69) is 5.32 Å². The van der Waals surface area contributed by atoms with Crippen LogP contribution in [0.5, 0.6) is 0 Å². The maximum atomic E-state index is 11.4. The molecule has 0 radical (unpaired) electrons. The van der Waals surface area contributed by atoms with Crippen molar-refractivity contribution in [3.05, 3.63) is 0 Å². The van der Waals surface area contributed by atoms with E-state index in [0.29, 0.717) is 0 Å². The zero-order valence-corrected chi connectivity index (χ0v) is 10.6. The van der Waals surface area contributed by atoms with Crippen molar-refractivity contribution in [3.63, 3.8) is 0 Å². The molecule has 6 nitrogen and oxygen atoms in total. The molecule has 0 heterocycles. The molecule has 0 saturated carbocycles. The van der Waals surface area contributed by atoms with E-state index in [1.807, 2.05) is 13.8 Å². The zero-order valence-electron chi connectivity index (χ0n) is 9.80. The van der Waals surface area contributed by atoms with Crippen LogP contribution in [-0.2, 0) is 14.4 Å². The maximum absolute atomic E-state index is 11.4. The highest BCUT2D eigenvalue weighted by molar-refractivity contribution is 8.00. The van der Waals surface area contributed by atoms with Gasteiger partial charge in [0.25, 0.3) is 0 Å². The number of carbonyl (C=O) groups is 3. The van der Waals surface area contributed by atoms with Gasteiger partial charge in [0.2, 0.25) is 5.91 Å². The molecule has 0 spiro atoms. The number of hydrogen-bond donors (Lipinski definition) is 3. The average Bonchev–Trinajstić information content (AvgIpc) is 2.20. The number of rotatable bonds is 8. The molecule has 0 saturated heterocycles. The highest BCUT2D eigenvalue weighted by Crippen LogP contribution is 2.08. The van der Waals surface area contributed by atoms with Gasteiger partial charge in [0.05, 0.1) is 5.75 Å². The number of carboxylic acid groups (broad SMARTS) is 2. The summed E-state index contributed by atoms with van der Waals surface area (Å²) >= 11 is 1.40. The van der Waals surface area contributed by atoms with E-state index in [0.717, 1.165) is 0 Å². The van der Waals surface area contributed by atoms with Gasteiger partial charge < -0.3 is 15.5 Å². The topological polar surface area (TPSA) is 104 Å². The van der Waals surface area contributed by atoms with E-state index in [9.17, 15) is 14.4 Å². The Bertz CT molecular complexity index is 292. The summed E-state index contributed by atoms with van der Waals surface area (Å²) in [7, 11) is 0. The lowest BCUT2D eigenvalue weighted by atomic mass is 10.1. The summed E-state index contributed by atoms with van der Waals surface area (Å²) in [6.45, 7) is 3.86. The van der Waals surface area contributed by atoms with Gasteiger partial charge in [-0.1, -0.05) is 13.8 Å². The van der Waals surface area contributed by atoms with Crippen LogP contribution in [0.25, 0.3) is 0 Å². The lowest BCUT2D eigenvalue weighted by Crippen LogP contribution is -2.42. The number of nitrogens with one attached hydrogen (secondary N) is 1. The first-order valence-electron chi connectivity index (χ1n) is 5.18. The zero-order chi connectivity index (χ0) is 13.4. The first kappa shape index (κ1) is 15.8. The Labute approximate surface area is 104 Å². The molecule has 0 aromatic carbocycles. The van der Waals surface area contributed by atoms with Crippen LogP contribution < -0.4 is 5.32 Å². The van der Waals surface area contributed by atoms with Crippen LogP contribution in [0.1, 0.15) is 26.7 Å². The van der Waals surface area contributed by atoms with Crippen molar-refractivity contribution in [2.45, 2.75) is 38.0 Å². The van der Waals surface area contributed by atoms with E-state index in [4.69, 9.17) is 10.2 Å². The van der Waals surface area contributed by atoms with E-state index >= 15 is 0 Å². The van der Waals surface area contributed by atoms with Gasteiger partial charge in [0.15, 0.2) is 0 Å². The standard InChI is InChI=1S/C10H17NO5S/c1-6(2)17-5-8(12)11-7(10(15)16)3-4-9(13)14/h6-7H,3-5H2,1-2H3,(H,11,12)(H,13,14)(H,15,16). The third kappa shape index (κ3) is 8.56. The molecule has 0 aliphatic rings. The van der Waals surface area contributed by atoms with E-state index in [-0.39, 0.29) is 29.8 Å². The molecule has 1 atom stereocenters. The van der Waals surface area contributed by atoms with Crippen LogP contribution in [0.2, 0.25) is 0 Å². The minimum atomic E-state index is -1.21. The van der Waals surface area contributed by atoms with Crippen molar-refractivity contribution >= 4 is 29.6 Å². The Balaban J connectivity index is 4.11. The predicted molar refractivity (Wildman–Crippen MR) is 64.0 cm³/mol. The van der Waals surface area contributed by atoms with Crippen molar-refractivity contribution in [2.24, 2.45) is 0 Å². The third-order valence-electron chi connectivity index (χ3n) is 1.83. The van der Waals surface area contributed by atoms with Crippen LogP contribution >= 0.6 is 11.8 Å². The first-order chi connectivity index (χ1) is 7.82. The summed E-state index contributed by atoms with van der Waals surface area (Å²) in [4.78, 5) is 32.5. The van der Waals surface area contributed by atoms with E-state index in [1.165, 1.54) is 11.8 Å². The minimum absolute atomic E-state index is 0.108. The van der Waals surface area contributed by atoms with Gasteiger partial charge in [-0.25, -0.2) is 4.79 Å². The van der Waals surface area contributed by atoms with Crippen LogP contribution in [-0.4, -0.2) is 45.1 Å². The van der Waals surface area contributed by atoms with Gasteiger partial charge in [0, 0.05) is 6.42 Å². The summed E-state index contributed by atoms with van der Waals surface area (Å²) in [5.74, 6) is -2.51. The van der Waals surface area contributed by atoms with Gasteiger partial charge in [-0.15, -0.1) is 11.8 Å². The molecule has 1 unspecified atom stereocenters. The minimum Gasteiger partial charge on any atom is -0.481 e. The van der Waals surface area contributed by atoms with Crippen molar-refractivity contribution < 1.29 is 24.6 Å². The molecule has 98 valence electrons. The summed E-state index contributed by atoms with van der Waals surface area (Å²) in [5, 5.41) is 19.8. The largest absolute Gasteiger partial charge is 0.481 e. The lowest BCUT2D eigenvalue weighted by molar-refractivity contribution is -0.142. The van der Waals surface area contributed by atoms with Gasteiger partial charge in [-0.3, -0.25) is 9.59 Å². The Morgan fingerprint density at radius 1 is 1.24 bits per heavy atom. The van der Waals surface area contributed by atoms with Crippen molar-refractivity contribution in [3.8, 4) is 0 Å². The number of carboxylic acids is 2. The monoisotopic (exact) mass is 263 g/mol. The smallest absolute Gasteiger partial charge is 0.326 e. The maximum Gasteiger partial charge on any atom is 0.326 e. The molecule has 0 aromatic heterocycles. The molecule has 3 N–H and O–H groups in total. The lowest BCUT2D eigenvalue weighted by Gasteiger charge is -2.13. The first-order valence-corrected chi connectivity index (χ1v) is 6.23. The van der Waals surface area contributed by atoms with Crippen molar-refractivity contribution in [1.29, 1.82) is 0 Å². The second-order valence-electron chi connectivity index (χ2n) is 3.75. The van der Waals surface area contributed by atoms with Gasteiger partial charge >= 0.3 is 11.9 Å². The molecule has 0 rings (SSSR count). The Kier molecular flexibility index (Phi) is 7.36. The van der Waals surface area contributed by atoms with Gasteiger partial charge in [-0.2, -0.15) is 0 Å². The highest BCUT2D eigenvalue weighted by Gasteiger charge is 2.20. The van der Waals surface area contributed by atoms with Gasteiger partial charge in [-0.05, 0) is 11.7 Å². The fraction of sp³-hybridized carbons (Fsp3) is 0.700. The Morgan fingerprint density at radius 3 is 2.24 bits per heavy atom. The molecule has 17 heavy (non-hydrogen) atoms. The predicted octanol–water partition coefficient (Wildman–Crippen LogP) is 0.562. The molecular formula is C10H17NO5S. The SMILES string of the molecule is CC(C)SCC(=O)NC(CCC(=O)O)C(=O)O. The highest BCUT2D eigenvalue weighted by atomic mass is 32.2. The number of carbonyl (C=O) groups excluding carboxylic acids is 1. The molecule has 0 bridgehead atoms. The Hall–Kier alpha value is -1.24. The number of thioether (sulfide) groups is 1. The van der Waals surface area contributed by atoms with Crippen LogP contribution in [0.15, 0.2) is 0 Å². The number of amides is 1. The van der Waals surface area contributed by atoms with Crippen molar-refractivity contribution in [1.82, 2.24) is 5.32 Å². The number of aliphatic carboxylic acids is 2. The van der Waals surface area contributed by atoms with E-state index < -0.39 is 18.0 Å². The summed E-state index contributed by atoms with van der Waals surface area (Å²) in [6.07, 6.45) is -0.392. The van der Waals surface area contributed by atoms with Crippen LogP contribution in [0.4, 0.5) is 0 Å². The quantitative estimate of drug-likeness (QED) is 0.591. The fourth-order valence-corrected chi connectivity index (χ4v) is 1.57. The molecule has 7 heteroatoms. The van der Waals surface area contributed by atoms with Gasteiger partial charge in [0.1, 0.15) is 6.04 Å². The summed E-state index contributed by atoms with van der Waals surface area (Å²) < 4.78 is 0. The summed E-state index contributed by atoms with van der Waals surface area (Å²) in [5.41, 5.74) is 0. The second-order valence-corrected chi connectivity index (χ2v) is 5.32. The molecule has 0 aliphatic heterocycles. The van der Waals surface area contributed by atoms with E-state index in [1.54, 1.807) is 0 Å². The summed E-state index contributed by atoms with van der Waals surface area (Å²) in [6, 6.07) is -1.13. The Morgan fingerprint density at radius 2 is 1.82 bits per heavy atom. The second kappa shape index (κ2) is 7.94. The fourth-order valence-electron chi connectivity index (χ4n) is 1.00. The molecule has 0 aromatic rings. The third-order valence-corrected chi connectivity index (χ3v) is 2.92. The van der Waals surface area contributed by atoms with Crippen LogP contribution in [0.3, 0.4) is 0 Å². The van der Waals surface area contributed by atoms with Crippen LogP contribution in [0, 0.1) is 0 Å².